The highest BCUT2D eigenvalue weighted by molar-refractivity contribution is 9.10. The lowest BCUT2D eigenvalue weighted by molar-refractivity contribution is 0.911. The second kappa shape index (κ2) is 2.87. The molecule has 0 unspecified atom stereocenters. The van der Waals surface area contributed by atoms with Crippen molar-refractivity contribution in [3.63, 3.8) is 0 Å². The summed E-state index contributed by atoms with van der Waals surface area (Å²) >= 11 is 2.97. The molecule has 0 saturated carbocycles. The Balaban J connectivity index is 3.68. The molecule has 0 aromatic carbocycles. The summed E-state index contributed by atoms with van der Waals surface area (Å²) in [5.74, 6) is 0. The van der Waals surface area contributed by atoms with Gasteiger partial charge in [-0.3, -0.25) is 4.79 Å². The van der Waals surface area contributed by atoms with Crippen LogP contribution < -0.4 is 11.2 Å². The van der Waals surface area contributed by atoms with Crippen LogP contribution in [0.15, 0.2) is 26.8 Å². The first-order chi connectivity index (χ1) is 5.16. The van der Waals surface area contributed by atoms with Crippen LogP contribution in [0.4, 0.5) is 0 Å². The maximum absolute atomic E-state index is 11.0. The predicted molar refractivity (Wildman–Crippen MR) is 45.4 cm³/mol. The Morgan fingerprint density at radius 1 is 1.64 bits per heavy atom. The molecule has 1 aromatic rings. The number of aromatic amines is 1. The summed E-state index contributed by atoms with van der Waals surface area (Å²) in [7, 11) is 0. The minimum absolute atomic E-state index is 0.303. The van der Waals surface area contributed by atoms with Gasteiger partial charge in [-0.1, -0.05) is 6.58 Å². The van der Waals surface area contributed by atoms with Crippen molar-refractivity contribution in [3.8, 4) is 0 Å². The maximum Gasteiger partial charge on any atom is 0.332 e. The van der Waals surface area contributed by atoms with Crippen LogP contribution >= 0.6 is 15.9 Å². The number of aromatic nitrogens is 2. The lowest BCUT2D eigenvalue weighted by atomic mass is 10.6. The molecule has 0 fully saturated rings. The molecule has 1 N–H and O–H groups in total. The summed E-state index contributed by atoms with van der Waals surface area (Å²) in [5.41, 5.74) is -0.906. The number of H-pyrrole nitrogens is 1. The summed E-state index contributed by atoms with van der Waals surface area (Å²) in [6.45, 7) is 3.32. The number of hydrogen-bond donors (Lipinski definition) is 1. The molecule has 0 aliphatic heterocycles. The summed E-state index contributed by atoms with van der Waals surface area (Å²) in [6, 6.07) is 0. The Morgan fingerprint density at radius 3 is 2.73 bits per heavy atom. The van der Waals surface area contributed by atoms with Crippen LogP contribution in [0.25, 0.3) is 6.20 Å². The Morgan fingerprint density at radius 2 is 2.27 bits per heavy atom. The van der Waals surface area contributed by atoms with Gasteiger partial charge in [0.2, 0.25) is 0 Å². The molecule has 58 valence electrons. The highest BCUT2D eigenvalue weighted by Crippen LogP contribution is 1.95. The molecule has 11 heavy (non-hydrogen) atoms. The van der Waals surface area contributed by atoms with Crippen molar-refractivity contribution in [1.29, 1.82) is 0 Å². The van der Waals surface area contributed by atoms with Gasteiger partial charge in [0.1, 0.15) is 0 Å². The number of hydrogen-bond acceptors (Lipinski definition) is 2. The number of halogens is 1. The zero-order chi connectivity index (χ0) is 8.43. The molecule has 0 bridgehead atoms. The first-order valence-electron chi connectivity index (χ1n) is 2.79. The largest absolute Gasteiger partial charge is 0.332 e. The Kier molecular flexibility index (Phi) is 2.09. The van der Waals surface area contributed by atoms with Crippen LogP contribution in [0.1, 0.15) is 0 Å². The minimum Gasteiger partial charge on any atom is -0.313 e. The average Bonchev–Trinajstić information content (AvgIpc) is 1.99. The van der Waals surface area contributed by atoms with Crippen molar-refractivity contribution >= 4 is 22.1 Å². The predicted octanol–water partition coefficient (Wildman–Crippen LogP) is 0.400. The summed E-state index contributed by atoms with van der Waals surface area (Å²) in [4.78, 5) is 24.2. The van der Waals surface area contributed by atoms with Gasteiger partial charge in [0.15, 0.2) is 0 Å². The SMILES string of the molecule is C=Cn1c(=O)[nH]cc(Br)c1=O. The second-order valence-electron chi connectivity index (χ2n) is 1.80. The van der Waals surface area contributed by atoms with E-state index in [4.69, 9.17) is 0 Å². The third-order valence-electron chi connectivity index (χ3n) is 1.15. The summed E-state index contributed by atoms with van der Waals surface area (Å²) in [5, 5.41) is 0. The maximum atomic E-state index is 11.0. The average molecular weight is 217 g/mol. The highest BCUT2D eigenvalue weighted by Gasteiger charge is 1.99. The van der Waals surface area contributed by atoms with Gasteiger partial charge in [0.25, 0.3) is 5.56 Å². The standard InChI is InChI=1S/C6H5BrN2O2/c1-2-9-5(10)4(7)3-8-6(9)11/h2-3H,1H2,(H,8,11). The Hall–Kier alpha value is -1.10. The van der Waals surface area contributed by atoms with E-state index >= 15 is 0 Å². The fraction of sp³-hybridized carbons (Fsp3) is 0. The third kappa shape index (κ3) is 1.32. The zero-order valence-electron chi connectivity index (χ0n) is 5.50. The smallest absolute Gasteiger partial charge is 0.313 e. The Labute approximate surface area is 70.3 Å². The monoisotopic (exact) mass is 216 g/mol. The van der Waals surface area contributed by atoms with Crippen molar-refractivity contribution in [2.75, 3.05) is 0 Å². The van der Waals surface area contributed by atoms with Gasteiger partial charge in [-0.05, 0) is 15.9 Å². The lowest BCUT2D eigenvalue weighted by Gasteiger charge is -1.94. The number of nitrogens with zero attached hydrogens (tertiary/aromatic N) is 1. The molecule has 1 aromatic heterocycles. The van der Waals surface area contributed by atoms with E-state index in [1.807, 2.05) is 0 Å². The van der Waals surface area contributed by atoms with Crippen LogP contribution in [0, 0.1) is 0 Å². The van der Waals surface area contributed by atoms with Gasteiger partial charge in [-0.15, -0.1) is 0 Å². The van der Waals surface area contributed by atoms with Crippen LogP contribution in [-0.4, -0.2) is 9.55 Å². The van der Waals surface area contributed by atoms with Crippen LogP contribution in [0.2, 0.25) is 0 Å². The van der Waals surface area contributed by atoms with Gasteiger partial charge in [0.05, 0.1) is 4.47 Å². The molecule has 0 atom stereocenters. The van der Waals surface area contributed by atoms with E-state index in [9.17, 15) is 9.59 Å². The quantitative estimate of drug-likeness (QED) is 0.740. The van der Waals surface area contributed by atoms with Crippen molar-refractivity contribution < 1.29 is 0 Å². The van der Waals surface area contributed by atoms with Crippen LogP contribution in [0.3, 0.4) is 0 Å². The number of nitrogens with one attached hydrogen (secondary N) is 1. The molecule has 0 radical (unpaired) electrons. The van der Waals surface area contributed by atoms with Gasteiger partial charge < -0.3 is 4.98 Å². The summed E-state index contributed by atoms with van der Waals surface area (Å²) < 4.78 is 1.18. The van der Waals surface area contributed by atoms with Crippen molar-refractivity contribution in [2.24, 2.45) is 0 Å². The topological polar surface area (TPSA) is 54.9 Å². The van der Waals surface area contributed by atoms with E-state index in [0.717, 1.165) is 10.8 Å². The van der Waals surface area contributed by atoms with E-state index in [0.29, 0.717) is 4.47 Å². The molecular formula is C6H5BrN2O2. The molecule has 4 nitrogen and oxygen atoms in total. The van der Waals surface area contributed by atoms with Crippen molar-refractivity contribution in [3.05, 3.63) is 38.1 Å². The first kappa shape index (κ1) is 8.00. The van der Waals surface area contributed by atoms with Gasteiger partial charge in [-0.2, -0.15) is 0 Å². The lowest BCUT2D eigenvalue weighted by Crippen LogP contribution is -2.31. The van der Waals surface area contributed by atoms with Crippen molar-refractivity contribution in [1.82, 2.24) is 9.55 Å². The van der Waals surface area contributed by atoms with E-state index in [1.54, 1.807) is 0 Å². The van der Waals surface area contributed by atoms with Gasteiger partial charge in [0, 0.05) is 12.4 Å². The van der Waals surface area contributed by atoms with Crippen LogP contribution in [-0.2, 0) is 0 Å². The minimum atomic E-state index is -0.492. The molecule has 0 spiro atoms. The highest BCUT2D eigenvalue weighted by atomic mass is 79.9. The fourth-order valence-electron chi connectivity index (χ4n) is 0.629. The normalized spacial score (nSPS) is 9.55. The molecule has 5 heteroatoms. The zero-order valence-corrected chi connectivity index (χ0v) is 7.09. The molecular weight excluding hydrogens is 212 g/mol. The molecule has 0 amide bonds. The molecule has 0 aliphatic carbocycles. The first-order valence-corrected chi connectivity index (χ1v) is 3.58. The summed E-state index contributed by atoms with van der Waals surface area (Å²) in [6.07, 6.45) is 2.45. The molecule has 0 saturated heterocycles. The molecule has 0 aliphatic rings. The fourth-order valence-corrected chi connectivity index (χ4v) is 0.935. The van der Waals surface area contributed by atoms with Crippen LogP contribution in [0.5, 0.6) is 0 Å². The molecule has 1 heterocycles. The third-order valence-corrected chi connectivity index (χ3v) is 1.71. The van der Waals surface area contributed by atoms with E-state index in [1.165, 1.54) is 6.20 Å². The molecule has 1 rings (SSSR count). The van der Waals surface area contributed by atoms with E-state index in [-0.39, 0.29) is 0 Å². The Bertz CT molecular complexity index is 390. The van der Waals surface area contributed by atoms with Gasteiger partial charge >= 0.3 is 5.69 Å². The van der Waals surface area contributed by atoms with E-state index < -0.39 is 11.2 Å². The second-order valence-corrected chi connectivity index (χ2v) is 2.65. The number of rotatable bonds is 1. The van der Waals surface area contributed by atoms with E-state index in [2.05, 4.69) is 27.5 Å². The van der Waals surface area contributed by atoms with Crippen molar-refractivity contribution in [2.45, 2.75) is 0 Å². The van der Waals surface area contributed by atoms with Gasteiger partial charge in [-0.25, -0.2) is 9.36 Å².